The number of thiophene rings is 1. The molecule has 4 nitrogen and oxygen atoms in total. The maximum atomic E-state index is 13.6. The molecule has 1 aliphatic rings. The van der Waals surface area contributed by atoms with Crippen LogP contribution in [0.3, 0.4) is 0 Å². The average Bonchev–Trinajstić information content (AvgIpc) is 3.26. The summed E-state index contributed by atoms with van der Waals surface area (Å²) in [5, 5.41) is 1.50. The second kappa shape index (κ2) is 8.50. The maximum Gasteiger partial charge on any atom is 0.266 e. The highest BCUT2D eigenvalue weighted by atomic mass is 35.5. The summed E-state index contributed by atoms with van der Waals surface area (Å²) in [7, 11) is -3.15. The van der Waals surface area contributed by atoms with Crippen LogP contribution < -0.4 is 0 Å². The monoisotopic (exact) mass is 481 g/mol. The number of fused-ring (bicyclic) bond motifs is 1. The third-order valence-corrected chi connectivity index (χ3v) is 9.19. The highest BCUT2D eigenvalue weighted by Gasteiger charge is 2.36. The van der Waals surface area contributed by atoms with Crippen molar-refractivity contribution in [2.45, 2.75) is 32.4 Å². The van der Waals surface area contributed by atoms with Crippen LogP contribution >= 0.6 is 34.5 Å². The van der Waals surface area contributed by atoms with Gasteiger partial charge in [0.1, 0.15) is 4.88 Å². The molecule has 3 aromatic rings. The first-order valence-corrected chi connectivity index (χ1v) is 13.1. The number of hydrogen-bond acceptors (Lipinski definition) is 4. The first kappa shape index (κ1) is 21.6. The standard InChI is InChI=1S/C22H21Cl2NO3S2/c1-2-14-6-8-15(9-7-14)12-25(16-10-11-30(27,28)13-16)22(26)21-20(24)19-17(23)4-3-5-18(19)29-21/h3-9,16H,2,10-13H2,1H3. The van der Waals surface area contributed by atoms with Crippen molar-refractivity contribution >= 4 is 60.4 Å². The Morgan fingerprint density at radius 3 is 2.43 bits per heavy atom. The van der Waals surface area contributed by atoms with E-state index < -0.39 is 9.84 Å². The number of carbonyl (C=O) groups excluding carboxylic acids is 1. The van der Waals surface area contributed by atoms with Crippen LogP contribution in [0.4, 0.5) is 0 Å². The predicted molar refractivity (Wildman–Crippen MR) is 125 cm³/mol. The summed E-state index contributed by atoms with van der Waals surface area (Å²) in [6.45, 7) is 2.42. The number of amides is 1. The van der Waals surface area contributed by atoms with Gasteiger partial charge in [-0.15, -0.1) is 11.3 Å². The van der Waals surface area contributed by atoms with Gasteiger partial charge in [0.2, 0.25) is 0 Å². The number of nitrogens with zero attached hydrogens (tertiary/aromatic N) is 1. The number of rotatable bonds is 5. The zero-order chi connectivity index (χ0) is 21.5. The van der Waals surface area contributed by atoms with Crippen LogP contribution in [0.25, 0.3) is 10.1 Å². The Morgan fingerprint density at radius 2 is 1.83 bits per heavy atom. The van der Waals surface area contributed by atoms with Gasteiger partial charge in [0.25, 0.3) is 5.91 Å². The molecule has 0 aliphatic carbocycles. The molecule has 0 saturated carbocycles. The Kier molecular flexibility index (Phi) is 6.13. The molecule has 0 radical (unpaired) electrons. The lowest BCUT2D eigenvalue weighted by Crippen LogP contribution is -2.40. The molecule has 1 aliphatic heterocycles. The topological polar surface area (TPSA) is 54.5 Å². The highest BCUT2D eigenvalue weighted by Crippen LogP contribution is 2.40. The third kappa shape index (κ3) is 4.24. The van der Waals surface area contributed by atoms with Crippen molar-refractivity contribution in [1.82, 2.24) is 4.90 Å². The van der Waals surface area contributed by atoms with Crippen LogP contribution in [0, 0.1) is 0 Å². The van der Waals surface area contributed by atoms with E-state index in [-0.39, 0.29) is 23.5 Å². The highest BCUT2D eigenvalue weighted by molar-refractivity contribution is 7.91. The van der Waals surface area contributed by atoms with Crippen molar-refractivity contribution in [1.29, 1.82) is 0 Å². The minimum absolute atomic E-state index is 0.0188. The number of aryl methyl sites for hydroxylation is 1. The van der Waals surface area contributed by atoms with E-state index in [0.717, 1.165) is 16.7 Å². The predicted octanol–water partition coefficient (Wildman–Crippen LogP) is 5.60. The van der Waals surface area contributed by atoms with Crippen LogP contribution in [-0.2, 0) is 22.8 Å². The van der Waals surface area contributed by atoms with E-state index in [4.69, 9.17) is 23.2 Å². The zero-order valence-electron chi connectivity index (χ0n) is 16.4. The molecule has 1 unspecified atom stereocenters. The van der Waals surface area contributed by atoms with Gasteiger partial charge in [-0.2, -0.15) is 0 Å². The van der Waals surface area contributed by atoms with Crippen molar-refractivity contribution in [3.63, 3.8) is 0 Å². The summed E-state index contributed by atoms with van der Waals surface area (Å²) in [5.41, 5.74) is 2.17. The molecule has 1 saturated heterocycles. The molecular weight excluding hydrogens is 461 g/mol. The Morgan fingerprint density at radius 1 is 1.13 bits per heavy atom. The van der Waals surface area contributed by atoms with Crippen LogP contribution in [0.2, 0.25) is 10.0 Å². The number of sulfone groups is 1. The lowest BCUT2D eigenvalue weighted by molar-refractivity contribution is 0.0686. The second-order valence-electron chi connectivity index (χ2n) is 7.52. The molecule has 158 valence electrons. The Labute approximate surface area is 190 Å². The molecule has 8 heteroatoms. The van der Waals surface area contributed by atoms with Crippen LogP contribution in [-0.4, -0.2) is 36.8 Å². The summed E-state index contributed by atoms with van der Waals surface area (Å²) in [5.74, 6) is -0.170. The van der Waals surface area contributed by atoms with Gasteiger partial charge in [0, 0.05) is 22.7 Å². The van der Waals surface area contributed by atoms with Gasteiger partial charge in [0.05, 0.1) is 21.6 Å². The lowest BCUT2D eigenvalue weighted by atomic mass is 10.1. The fourth-order valence-corrected chi connectivity index (χ4v) is 7.44. The van der Waals surface area contributed by atoms with E-state index in [0.29, 0.717) is 33.3 Å². The van der Waals surface area contributed by atoms with Crippen LogP contribution in [0.5, 0.6) is 0 Å². The third-order valence-electron chi connectivity index (χ3n) is 5.49. The van der Waals surface area contributed by atoms with Crippen molar-refractivity contribution in [3.05, 3.63) is 68.5 Å². The van der Waals surface area contributed by atoms with E-state index in [1.807, 2.05) is 36.4 Å². The molecule has 1 fully saturated rings. The molecular formula is C22H21Cl2NO3S2. The normalized spacial score (nSPS) is 18.0. The van der Waals surface area contributed by atoms with E-state index in [1.54, 1.807) is 11.0 Å². The van der Waals surface area contributed by atoms with E-state index in [2.05, 4.69) is 6.92 Å². The van der Waals surface area contributed by atoms with Crippen LogP contribution in [0.1, 0.15) is 34.1 Å². The molecule has 0 bridgehead atoms. The van der Waals surface area contributed by atoms with E-state index in [9.17, 15) is 13.2 Å². The summed E-state index contributed by atoms with van der Waals surface area (Å²) in [6, 6.07) is 13.1. The molecule has 0 spiro atoms. The largest absolute Gasteiger partial charge is 0.330 e. The molecule has 4 rings (SSSR count). The Hall–Kier alpha value is -1.60. The van der Waals surface area contributed by atoms with Crippen molar-refractivity contribution in [3.8, 4) is 0 Å². The summed E-state index contributed by atoms with van der Waals surface area (Å²) in [6.07, 6.45) is 1.37. The second-order valence-corrected chi connectivity index (χ2v) is 11.6. The quantitative estimate of drug-likeness (QED) is 0.476. The molecule has 0 N–H and O–H groups in total. The zero-order valence-corrected chi connectivity index (χ0v) is 19.5. The fourth-order valence-electron chi connectivity index (χ4n) is 3.80. The number of benzene rings is 2. The van der Waals surface area contributed by atoms with Crippen LogP contribution in [0.15, 0.2) is 42.5 Å². The lowest BCUT2D eigenvalue weighted by Gasteiger charge is -2.28. The minimum Gasteiger partial charge on any atom is -0.330 e. The van der Waals surface area contributed by atoms with E-state index >= 15 is 0 Å². The van der Waals surface area contributed by atoms with Gasteiger partial charge in [-0.1, -0.05) is 60.5 Å². The van der Waals surface area contributed by atoms with E-state index in [1.165, 1.54) is 16.9 Å². The summed E-state index contributed by atoms with van der Waals surface area (Å²) in [4.78, 5) is 15.6. The van der Waals surface area contributed by atoms with Gasteiger partial charge in [-0.05, 0) is 36.1 Å². The first-order chi connectivity index (χ1) is 14.3. The molecule has 1 aromatic heterocycles. The minimum atomic E-state index is -3.15. The van der Waals surface area contributed by atoms with Gasteiger partial charge in [0.15, 0.2) is 9.84 Å². The molecule has 1 amide bonds. The SMILES string of the molecule is CCc1ccc(CN(C(=O)c2sc3cccc(Cl)c3c2Cl)C2CCS(=O)(=O)C2)cc1. The van der Waals surface area contributed by atoms with Gasteiger partial charge in [-0.25, -0.2) is 8.42 Å². The number of hydrogen-bond donors (Lipinski definition) is 0. The average molecular weight is 482 g/mol. The summed E-state index contributed by atoms with van der Waals surface area (Å²) >= 11 is 14.2. The van der Waals surface area contributed by atoms with Gasteiger partial charge < -0.3 is 4.90 Å². The van der Waals surface area contributed by atoms with Gasteiger partial charge in [-0.3, -0.25) is 4.79 Å². The van der Waals surface area contributed by atoms with Crippen molar-refractivity contribution in [2.75, 3.05) is 11.5 Å². The molecule has 30 heavy (non-hydrogen) atoms. The Bertz CT molecular complexity index is 1200. The number of halogens is 2. The van der Waals surface area contributed by atoms with Gasteiger partial charge >= 0.3 is 0 Å². The van der Waals surface area contributed by atoms with Crippen molar-refractivity contribution in [2.24, 2.45) is 0 Å². The number of carbonyl (C=O) groups is 1. The smallest absolute Gasteiger partial charge is 0.266 e. The molecule has 2 aromatic carbocycles. The van der Waals surface area contributed by atoms with Crippen molar-refractivity contribution < 1.29 is 13.2 Å². The maximum absolute atomic E-state index is 13.6. The molecule has 2 heterocycles. The molecule has 1 atom stereocenters. The fraction of sp³-hybridized carbons (Fsp3) is 0.318. The summed E-state index contributed by atoms with van der Waals surface area (Å²) < 4.78 is 25.1. The first-order valence-electron chi connectivity index (χ1n) is 9.75. The Balaban J connectivity index is 1.72.